The third-order valence-corrected chi connectivity index (χ3v) is 5.90. The van der Waals surface area contributed by atoms with Gasteiger partial charge in [0.25, 0.3) is 0 Å². The van der Waals surface area contributed by atoms with E-state index in [0.29, 0.717) is 0 Å². The Labute approximate surface area is 87.7 Å². The lowest BCUT2D eigenvalue weighted by Crippen LogP contribution is -2.70. The average molecular weight is 193 g/mol. The molecule has 6 aliphatic rings. The molecule has 6 fully saturated rings. The Kier molecular flexibility index (Phi) is 1.81. The highest BCUT2D eigenvalue weighted by Gasteiger charge is 2.56. The van der Waals surface area contributed by atoms with Crippen molar-refractivity contribution in [3.05, 3.63) is 0 Å². The lowest BCUT2D eigenvalue weighted by atomic mass is 9.49. The zero-order valence-electron chi connectivity index (χ0n) is 9.83. The summed E-state index contributed by atoms with van der Waals surface area (Å²) >= 11 is 0. The number of rotatable bonds is 0. The number of hydrogen-bond donors (Lipinski definition) is 1. The van der Waals surface area contributed by atoms with Gasteiger partial charge in [0.1, 0.15) is 0 Å². The molecule has 14 heavy (non-hydrogen) atoms. The highest BCUT2D eigenvalue weighted by Crippen LogP contribution is 2.54. The van der Waals surface area contributed by atoms with Crippen LogP contribution in [0.2, 0.25) is 0 Å². The summed E-state index contributed by atoms with van der Waals surface area (Å²) in [4.78, 5) is 0. The Balaban J connectivity index is 1.83. The van der Waals surface area contributed by atoms with Gasteiger partial charge in [-0.3, -0.25) is 0 Å². The van der Waals surface area contributed by atoms with Gasteiger partial charge in [0.15, 0.2) is 0 Å². The molecule has 0 aromatic carbocycles. The summed E-state index contributed by atoms with van der Waals surface area (Å²) < 4.78 is 0. The molecule has 2 aliphatic carbocycles. The SMILES string of the molecule is CC1C2CC3C(C)C(NC1C2C)C3C. The zero-order valence-corrected chi connectivity index (χ0v) is 9.83. The van der Waals surface area contributed by atoms with Gasteiger partial charge in [-0.15, -0.1) is 0 Å². The first-order valence-corrected chi connectivity index (χ1v) is 6.37. The van der Waals surface area contributed by atoms with Gasteiger partial charge in [0.05, 0.1) is 0 Å². The second kappa shape index (κ2) is 2.75. The van der Waals surface area contributed by atoms with Crippen molar-refractivity contribution in [1.82, 2.24) is 5.32 Å². The summed E-state index contributed by atoms with van der Waals surface area (Å²) in [5.41, 5.74) is 0. The largest absolute Gasteiger partial charge is 0.310 e. The Morgan fingerprint density at radius 2 is 1.07 bits per heavy atom. The highest BCUT2D eigenvalue weighted by atomic mass is 15.0. The lowest BCUT2D eigenvalue weighted by molar-refractivity contribution is -0.102. The van der Waals surface area contributed by atoms with Crippen LogP contribution in [0.1, 0.15) is 34.1 Å². The minimum atomic E-state index is 0.830. The fourth-order valence-corrected chi connectivity index (χ4v) is 4.69. The maximum atomic E-state index is 3.91. The molecule has 0 spiro atoms. The molecule has 4 unspecified atom stereocenters. The van der Waals surface area contributed by atoms with E-state index < -0.39 is 0 Å². The first-order valence-electron chi connectivity index (χ1n) is 6.37. The number of nitrogens with one attached hydrogen (secondary N) is 1. The molecule has 0 aromatic heterocycles. The molecular formula is C13H23N. The molecule has 1 N–H and O–H groups in total. The van der Waals surface area contributed by atoms with Gasteiger partial charge in [-0.25, -0.2) is 0 Å². The van der Waals surface area contributed by atoms with E-state index in [2.05, 4.69) is 33.0 Å². The van der Waals surface area contributed by atoms with Gasteiger partial charge in [0, 0.05) is 12.1 Å². The summed E-state index contributed by atoms with van der Waals surface area (Å²) in [6.45, 7) is 9.79. The molecule has 2 saturated carbocycles. The Bertz CT molecular complexity index is 184. The van der Waals surface area contributed by atoms with Crippen LogP contribution in [-0.4, -0.2) is 12.1 Å². The fraction of sp³-hybridized carbons (Fsp3) is 1.00. The van der Waals surface area contributed by atoms with Crippen molar-refractivity contribution in [1.29, 1.82) is 0 Å². The summed E-state index contributed by atoms with van der Waals surface area (Å²) in [6, 6.07) is 1.66. The van der Waals surface area contributed by atoms with E-state index in [9.17, 15) is 0 Å². The maximum absolute atomic E-state index is 3.91. The molecule has 0 amide bonds. The summed E-state index contributed by atoms with van der Waals surface area (Å²) in [7, 11) is 0. The van der Waals surface area contributed by atoms with Crippen molar-refractivity contribution in [2.75, 3.05) is 0 Å². The minimum Gasteiger partial charge on any atom is -0.310 e. The van der Waals surface area contributed by atoms with Crippen LogP contribution in [-0.2, 0) is 0 Å². The number of hydrogen-bond acceptors (Lipinski definition) is 1. The van der Waals surface area contributed by atoms with Gasteiger partial charge in [-0.05, 0) is 41.9 Å². The van der Waals surface area contributed by atoms with E-state index >= 15 is 0 Å². The highest BCUT2D eigenvalue weighted by molar-refractivity contribution is 5.09. The predicted octanol–water partition coefficient (Wildman–Crippen LogP) is 2.52. The van der Waals surface area contributed by atoms with Gasteiger partial charge < -0.3 is 5.32 Å². The molecule has 1 heteroatoms. The monoisotopic (exact) mass is 193 g/mol. The van der Waals surface area contributed by atoms with Crippen molar-refractivity contribution >= 4 is 0 Å². The third kappa shape index (κ3) is 0.900. The standard InChI is InChI=1S/C13H23N/c1-6-10-5-11-8(3)13(9(11)4)14-12(6)7(10)2/h6-14H,5H2,1-4H3. The molecular weight excluding hydrogens is 170 g/mol. The molecule has 4 heterocycles. The molecule has 4 saturated heterocycles. The van der Waals surface area contributed by atoms with Crippen LogP contribution in [0.25, 0.3) is 0 Å². The molecule has 1 nitrogen and oxygen atoms in total. The van der Waals surface area contributed by atoms with E-state index in [1.165, 1.54) is 6.42 Å². The third-order valence-electron chi connectivity index (χ3n) is 5.90. The minimum absolute atomic E-state index is 0.830. The van der Waals surface area contributed by atoms with Crippen LogP contribution in [0.15, 0.2) is 0 Å². The van der Waals surface area contributed by atoms with E-state index in [1.54, 1.807) is 0 Å². The van der Waals surface area contributed by atoms with Gasteiger partial charge >= 0.3 is 0 Å². The second-order valence-corrected chi connectivity index (χ2v) is 6.22. The van der Waals surface area contributed by atoms with E-state index in [-0.39, 0.29) is 0 Å². The van der Waals surface area contributed by atoms with Crippen LogP contribution in [0.4, 0.5) is 0 Å². The Hall–Kier alpha value is -0.0400. The van der Waals surface area contributed by atoms with Crippen molar-refractivity contribution in [3.63, 3.8) is 0 Å². The second-order valence-electron chi connectivity index (χ2n) is 6.22. The molecule has 0 aromatic rings. The van der Waals surface area contributed by atoms with Crippen molar-refractivity contribution in [3.8, 4) is 0 Å². The van der Waals surface area contributed by atoms with E-state index in [0.717, 1.165) is 47.6 Å². The summed E-state index contributed by atoms with van der Waals surface area (Å²) in [5.74, 6) is 5.79. The molecule has 80 valence electrons. The first kappa shape index (κ1) is 9.21. The quantitative estimate of drug-likeness (QED) is 0.623. The van der Waals surface area contributed by atoms with Crippen LogP contribution in [0, 0.1) is 35.5 Å². The Morgan fingerprint density at radius 1 is 0.714 bits per heavy atom. The normalized spacial score (nSPS) is 66.0. The molecule has 4 aliphatic heterocycles. The van der Waals surface area contributed by atoms with E-state index in [4.69, 9.17) is 0 Å². The average Bonchev–Trinajstić information content (AvgIpc) is 2.14. The fourth-order valence-electron chi connectivity index (χ4n) is 4.69. The van der Waals surface area contributed by atoms with E-state index in [1.807, 2.05) is 0 Å². The van der Waals surface area contributed by atoms with Crippen molar-refractivity contribution in [2.24, 2.45) is 35.5 Å². The topological polar surface area (TPSA) is 12.0 Å². The van der Waals surface area contributed by atoms with Crippen LogP contribution in [0.5, 0.6) is 0 Å². The van der Waals surface area contributed by atoms with Crippen LogP contribution < -0.4 is 5.32 Å². The van der Waals surface area contributed by atoms with Gasteiger partial charge in [0.2, 0.25) is 0 Å². The maximum Gasteiger partial charge on any atom is 0.0127 e. The first-order chi connectivity index (χ1) is 6.61. The van der Waals surface area contributed by atoms with Crippen LogP contribution >= 0.6 is 0 Å². The summed E-state index contributed by atoms with van der Waals surface area (Å²) in [6.07, 6.45) is 1.51. The summed E-state index contributed by atoms with van der Waals surface area (Å²) in [5, 5.41) is 3.91. The van der Waals surface area contributed by atoms with Crippen molar-refractivity contribution in [2.45, 2.75) is 46.2 Å². The van der Waals surface area contributed by atoms with Crippen molar-refractivity contribution < 1.29 is 0 Å². The van der Waals surface area contributed by atoms with Crippen LogP contribution in [0.3, 0.4) is 0 Å². The smallest absolute Gasteiger partial charge is 0.0127 e. The molecule has 0 radical (unpaired) electrons. The Morgan fingerprint density at radius 3 is 1.43 bits per heavy atom. The molecule has 4 bridgehead atoms. The lowest BCUT2D eigenvalue weighted by Gasteiger charge is -2.63. The molecule has 4 atom stereocenters. The predicted molar refractivity (Wildman–Crippen MR) is 59.0 cm³/mol. The van der Waals surface area contributed by atoms with Gasteiger partial charge in [-0.2, -0.15) is 0 Å². The zero-order chi connectivity index (χ0) is 10.0. The van der Waals surface area contributed by atoms with Gasteiger partial charge in [-0.1, -0.05) is 27.7 Å². The molecule has 6 rings (SSSR count).